The Balaban J connectivity index is 1.73. The lowest BCUT2D eigenvalue weighted by molar-refractivity contribution is -0.0417. The third-order valence-corrected chi connectivity index (χ3v) is 3.25. The lowest BCUT2D eigenvalue weighted by Gasteiger charge is -2.27. The number of hydrogen-bond donors (Lipinski definition) is 1. The Kier molecular flexibility index (Phi) is 4.84. The van der Waals surface area contributed by atoms with Crippen LogP contribution in [-0.4, -0.2) is 38.1 Å². The van der Waals surface area contributed by atoms with Crippen molar-refractivity contribution in [1.82, 2.24) is 0 Å². The molecule has 1 aromatic rings. The van der Waals surface area contributed by atoms with E-state index in [0.29, 0.717) is 19.8 Å². The fourth-order valence-electron chi connectivity index (χ4n) is 2.06. The molecule has 1 heterocycles. The van der Waals surface area contributed by atoms with Crippen molar-refractivity contribution in [2.45, 2.75) is 18.9 Å². The van der Waals surface area contributed by atoms with Crippen LogP contribution in [0.2, 0.25) is 0 Å². The first-order valence-electron chi connectivity index (χ1n) is 6.32. The summed E-state index contributed by atoms with van der Waals surface area (Å²) >= 11 is 0. The topological polar surface area (TPSA) is 47.9 Å². The summed E-state index contributed by atoms with van der Waals surface area (Å²) in [4.78, 5) is 0. The molecule has 0 spiro atoms. The molecule has 100 valence electrons. The van der Waals surface area contributed by atoms with Gasteiger partial charge in [-0.1, -0.05) is 0 Å². The van der Waals surface area contributed by atoms with Gasteiger partial charge in [0.05, 0.1) is 26.4 Å². The van der Waals surface area contributed by atoms with Gasteiger partial charge in [0, 0.05) is 12.5 Å². The van der Waals surface area contributed by atoms with E-state index in [4.69, 9.17) is 14.2 Å². The smallest absolute Gasteiger partial charge is 0.119 e. The molecule has 1 saturated heterocycles. The van der Waals surface area contributed by atoms with Gasteiger partial charge in [0.1, 0.15) is 11.5 Å². The van der Waals surface area contributed by atoms with Crippen molar-refractivity contribution in [3.8, 4) is 11.5 Å². The Labute approximate surface area is 107 Å². The number of methoxy groups -OCH3 is 1. The number of aliphatic hydroxyl groups is 1. The molecule has 18 heavy (non-hydrogen) atoms. The molecule has 4 nitrogen and oxygen atoms in total. The van der Waals surface area contributed by atoms with E-state index in [-0.39, 0.29) is 12.0 Å². The molecule has 4 heteroatoms. The van der Waals surface area contributed by atoms with Crippen molar-refractivity contribution in [1.29, 1.82) is 0 Å². The summed E-state index contributed by atoms with van der Waals surface area (Å²) in [5.74, 6) is 1.83. The molecule has 0 aromatic heterocycles. The van der Waals surface area contributed by atoms with Crippen molar-refractivity contribution < 1.29 is 19.3 Å². The van der Waals surface area contributed by atoms with E-state index in [1.165, 1.54) is 0 Å². The fourth-order valence-corrected chi connectivity index (χ4v) is 2.06. The van der Waals surface area contributed by atoms with Crippen LogP contribution in [0.4, 0.5) is 0 Å². The predicted molar refractivity (Wildman–Crippen MR) is 68.0 cm³/mol. The lowest BCUT2D eigenvalue weighted by Crippen LogP contribution is -2.32. The first kappa shape index (κ1) is 13.2. The van der Waals surface area contributed by atoms with Gasteiger partial charge in [-0.25, -0.2) is 0 Å². The van der Waals surface area contributed by atoms with Crippen molar-refractivity contribution in [3.63, 3.8) is 0 Å². The number of ether oxygens (including phenoxy) is 3. The number of benzene rings is 1. The van der Waals surface area contributed by atoms with Crippen LogP contribution in [0.5, 0.6) is 11.5 Å². The molecule has 0 bridgehead atoms. The van der Waals surface area contributed by atoms with Crippen LogP contribution in [0.15, 0.2) is 24.3 Å². The van der Waals surface area contributed by atoms with Crippen LogP contribution in [0.1, 0.15) is 12.8 Å². The van der Waals surface area contributed by atoms with Gasteiger partial charge in [-0.15, -0.1) is 0 Å². The summed E-state index contributed by atoms with van der Waals surface area (Å²) in [5.41, 5.74) is 0. The van der Waals surface area contributed by atoms with Gasteiger partial charge in [0.25, 0.3) is 0 Å². The highest BCUT2D eigenvalue weighted by Crippen LogP contribution is 2.20. The maximum atomic E-state index is 9.78. The standard InChI is InChI=1S/C14H20O4/c1-16-12-2-4-13(5-3-12)18-9-6-11-10-17-8-7-14(11)15/h2-5,11,14-15H,6-10H2,1H3. The van der Waals surface area contributed by atoms with Gasteiger partial charge < -0.3 is 19.3 Å². The fraction of sp³-hybridized carbons (Fsp3) is 0.571. The van der Waals surface area contributed by atoms with Gasteiger partial charge in [-0.2, -0.15) is 0 Å². The quantitative estimate of drug-likeness (QED) is 0.869. The molecular weight excluding hydrogens is 232 g/mol. The third-order valence-electron chi connectivity index (χ3n) is 3.25. The highest BCUT2D eigenvalue weighted by atomic mass is 16.5. The van der Waals surface area contributed by atoms with E-state index in [9.17, 15) is 5.11 Å². The highest BCUT2D eigenvalue weighted by Gasteiger charge is 2.23. The summed E-state index contributed by atoms with van der Waals surface area (Å²) in [6.07, 6.45) is 1.29. The molecule has 2 unspecified atom stereocenters. The Bertz CT molecular complexity index is 349. The van der Waals surface area contributed by atoms with Gasteiger partial charge >= 0.3 is 0 Å². The normalized spacial score (nSPS) is 23.7. The SMILES string of the molecule is COc1ccc(OCCC2COCCC2O)cc1. The van der Waals surface area contributed by atoms with E-state index in [1.807, 2.05) is 24.3 Å². The minimum atomic E-state index is -0.252. The summed E-state index contributed by atoms with van der Waals surface area (Å²) in [7, 11) is 1.64. The lowest BCUT2D eigenvalue weighted by atomic mass is 9.96. The van der Waals surface area contributed by atoms with Crippen molar-refractivity contribution in [3.05, 3.63) is 24.3 Å². The molecule has 1 N–H and O–H groups in total. The molecular formula is C14H20O4. The largest absolute Gasteiger partial charge is 0.497 e. The molecule has 1 fully saturated rings. The van der Waals surface area contributed by atoms with Gasteiger partial charge in [0.2, 0.25) is 0 Å². The highest BCUT2D eigenvalue weighted by molar-refractivity contribution is 5.31. The van der Waals surface area contributed by atoms with Crippen LogP contribution >= 0.6 is 0 Å². The summed E-state index contributed by atoms with van der Waals surface area (Å²) in [6.45, 7) is 1.89. The Morgan fingerprint density at radius 2 is 2.00 bits per heavy atom. The van der Waals surface area contributed by atoms with Gasteiger partial charge in [-0.05, 0) is 37.1 Å². The average Bonchev–Trinajstić information content (AvgIpc) is 2.42. The molecule has 1 aliphatic rings. The minimum absolute atomic E-state index is 0.192. The molecule has 0 aliphatic carbocycles. The predicted octanol–water partition coefficient (Wildman–Crippen LogP) is 1.86. The molecule has 1 aliphatic heterocycles. The molecule has 2 atom stereocenters. The summed E-state index contributed by atoms with van der Waals surface area (Å²) in [5, 5.41) is 9.78. The molecule has 0 saturated carbocycles. The maximum Gasteiger partial charge on any atom is 0.119 e. The van der Waals surface area contributed by atoms with Crippen LogP contribution in [-0.2, 0) is 4.74 Å². The van der Waals surface area contributed by atoms with Crippen molar-refractivity contribution in [2.75, 3.05) is 26.9 Å². The second-order valence-electron chi connectivity index (χ2n) is 4.50. The molecule has 0 amide bonds. The molecule has 2 rings (SSSR count). The van der Waals surface area contributed by atoms with Gasteiger partial charge in [-0.3, -0.25) is 0 Å². The van der Waals surface area contributed by atoms with Crippen LogP contribution in [0.3, 0.4) is 0 Å². The van der Waals surface area contributed by atoms with E-state index < -0.39 is 0 Å². The first-order valence-corrected chi connectivity index (χ1v) is 6.32. The minimum Gasteiger partial charge on any atom is -0.497 e. The summed E-state index contributed by atoms with van der Waals surface area (Å²) in [6, 6.07) is 7.50. The Morgan fingerprint density at radius 1 is 1.28 bits per heavy atom. The van der Waals surface area contributed by atoms with Crippen LogP contribution in [0.25, 0.3) is 0 Å². The van der Waals surface area contributed by atoms with E-state index in [2.05, 4.69) is 0 Å². The second-order valence-corrected chi connectivity index (χ2v) is 4.50. The average molecular weight is 252 g/mol. The monoisotopic (exact) mass is 252 g/mol. The second kappa shape index (κ2) is 6.61. The Hall–Kier alpha value is -1.26. The molecule has 0 radical (unpaired) electrons. The molecule has 1 aromatic carbocycles. The van der Waals surface area contributed by atoms with Crippen LogP contribution in [0, 0.1) is 5.92 Å². The third kappa shape index (κ3) is 3.62. The zero-order valence-electron chi connectivity index (χ0n) is 10.7. The Morgan fingerprint density at radius 3 is 2.67 bits per heavy atom. The van der Waals surface area contributed by atoms with Crippen LogP contribution < -0.4 is 9.47 Å². The number of rotatable bonds is 5. The van der Waals surface area contributed by atoms with Crippen molar-refractivity contribution in [2.24, 2.45) is 5.92 Å². The summed E-state index contributed by atoms with van der Waals surface area (Å²) < 4.78 is 16.1. The van der Waals surface area contributed by atoms with Crippen molar-refractivity contribution >= 4 is 0 Å². The van der Waals surface area contributed by atoms with E-state index in [0.717, 1.165) is 24.3 Å². The number of hydrogen-bond acceptors (Lipinski definition) is 4. The number of aliphatic hydroxyl groups excluding tert-OH is 1. The van der Waals surface area contributed by atoms with E-state index >= 15 is 0 Å². The zero-order chi connectivity index (χ0) is 12.8. The van der Waals surface area contributed by atoms with Gasteiger partial charge in [0.15, 0.2) is 0 Å². The maximum absolute atomic E-state index is 9.78. The first-order chi connectivity index (χ1) is 8.79. The zero-order valence-corrected chi connectivity index (χ0v) is 10.7. The van der Waals surface area contributed by atoms with E-state index in [1.54, 1.807) is 7.11 Å².